The predicted molar refractivity (Wildman–Crippen MR) is 118 cm³/mol. The van der Waals surface area contributed by atoms with Crippen molar-refractivity contribution in [3.8, 4) is 0 Å². The van der Waals surface area contributed by atoms with Crippen LogP contribution in [0.1, 0.15) is 34.5 Å². The van der Waals surface area contributed by atoms with Crippen molar-refractivity contribution in [2.24, 2.45) is 0 Å². The Morgan fingerprint density at radius 3 is 2.84 bits per heavy atom. The Balaban J connectivity index is 1.57. The monoisotopic (exact) mass is 441 g/mol. The fourth-order valence-electron chi connectivity index (χ4n) is 4.23. The number of hydrogen-bond acceptors (Lipinski definition) is 4. The van der Waals surface area contributed by atoms with E-state index in [1.807, 2.05) is 30.3 Å². The Labute approximate surface area is 184 Å². The molecule has 1 aliphatic carbocycles. The highest BCUT2D eigenvalue weighted by molar-refractivity contribution is 6.31. The number of aliphatic hydroxyl groups is 1. The Kier molecular flexibility index (Phi) is 5.75. The highest BCUT2D eigenvalue weighted by Crippen LogP contribution is 2.38. The Morgan fingerprint density at radius 1 is 1.29 bits per heavy atom. The molecular weight excluding hydrogens is 418 g/mol. The lowest BCUT2D eigenvalue weighted by Crippen LogP contribution is -2.48. The summed E-state index contributed by atoms with van der Waals surface area (Å²) in [5.41, 5.74) is 1.42. The normalized spacial score (nSPS) is 20.3. The van der Waals surface area contributed by atoms with Gasteiger partial charge in [-0.2, -0.15) is 0 Å². The summed E-state index contributed by atoms with van der Waals surface area (Å²) in [6.45, 7) is 0. The van der Waals surface area contributed by atoms with Crippen molar-refractivity contribution in [3.63, 3.8) is 0 Å². The molecule has 3 N–H and O–H groups in total. The van der Waals surface area contributed by atoms with Gasteiger partial charge in [-0.05, 0) is 41.8 Å². The summed E-state index contributed by atoms with van der Waals surface area (Å²) in [7, 11) is 2.90. The van der Waals surface area contributed by atoms with Crippen LogP contribution < -0.4 is 5.32 Å². The maximum Gasteiger partial charge on any atom is 0.267 e. The fourth-order valence-corrected chi connectivity index (χ4v) is 4.41. The standard InChI is InChI=1S/C23H24ClN3O4/c1-27(31-2)21(28)13-23(30)12-17(10-14-5-3-4-6-18(14)23)25-22(29)20-11-15-9-16(24)7-8-19(15)26-20/h3-9,11,17,26,30H,10,12-13H2,1-2H3,(H,25,29)/t17-,23+/m1/s1. The minimum atomic E-state index is -1.41. The first-order valence-electron chi connectivity index (χ1n) is 9.99. The molecule has 0 spiro atoms. The lowest BCUT2D eigenvalue weighted by Gasteiger charge is -2.39. The molecule has 2 aromatic carbocycles. The maximum absolute atomic E-state index is 12.9. The van der Waals surface area contributed by atoms with E-state index in [2.05, 4.69) is 10.3 Å². The second-order valence-electron chi connectivity index (χ2n) is 7.93. The topological polar surface area (TPSA) is 94.7 Å². The average molecular weight is 442 g/mol. The molecule has 4 rings (SSSR count). The van der Waals surface area contributed by atoms with Gasteiger partial charge in [-0.3, -0.25) is 14.4 Å². The summed E-state index contributed by atoms with van der Waals surface area (Å²) in [6, 6.07) is 14.2. The van der Waals surface area contributed by atoms with Gasteiger partial charge < -0.3 is 15.4 Å². The third-order valence-corrected chi connectivity index (χ3v) is 6.04. The van der Waals surface area contributed by atoms with Crippen LogP contribution in [0.5, 0.6) is 0 Å². The van der Waals surface area contributed by atoms with Crippen molar-refractivity contribution in [2.75, 3.05) is 14.2 Å². The molecule has 0 saturated heterocycles. The summed E-state index contributed by atoms with van der Waals surface area (Å²) in [6.07, 6.45) is 0.626. The van der Waals surface area contributed by atoms with Crippen molar-refractivity contribution >= 4 is 34.3 Å². The third kappa shape index (κ3) is 4.30. The molecule has 7 nitrogen and oxygen atoms in total. The minimum absolute atomic E-state index is 0.147. The number of rotatable bonds is 5. The quantitative estimate of drug-likeness (QED) is 0.530. The van der Waals surface area contributed by atoms with E-state index in [4.69, 9.17) is 16.4 Å². The number of carbonyl (C=O) groups excluding carboxylic acids is 2. The maximum atomic E-state index is 12.9. The van der Waals surface area contributed by atoms with E-state index >= 15 is 0 Å². The number of hydroxylamine groups is 2. The van der Waals surface area contributed by atoms with Crippen LogP contribution in [-0.4, -0.2) is 47.2 Å². The summed E-state index contributed by atoms with van der Waals surface area (Å²) in [5, 5.41) is 17.0. The number of benzene rings is 2. The van der Waals surface area contributed by atoms with Gasteiger partial charge in [0.25, 0.3) is 5.91 Å². The van der Waals surface area contributed by atoms with Crippen LogP contribution in [0.3, 0.4) is 0 Å². The van der Waals surface area contributed by atoms with Gasteiger partial charge in [0.05, 0.1) is 13.5 Å². The SMILES string of the molecule is CON(C)C(=O)C[C@@]1(O)C[C@H](NC(=O)c2cc3cc(Cl)ccc3[nH]2)Cc2ccccc21. The first-order chi connectivity index (χ1) is 14.8. The molecule has 2 amide bonds. The van der Waals surface area contributed by atoms with Gasteiger partial charge in [-0.15, -0.1) is 0 Å². The van der Waals surface area contributed by atoms with Crippen molar-refractivity contribution in [1.82, 2.24) is 15.4 Å². The largest absolute Gasteiger partial charge is 0.385 e. The molecule has 1 aliphatic rings. The molecule has 1 heterocycles. The van der Waals surface area contributed by atoms with Gasteiger partial charge in [0, 0.05) is 35.4 Å². The fraction of sp³-hybridized carbons (Fsp3) is 0.304. The highest BCUT2D eigenvalue weighted by atomic mass is 35.5. The van der Waals surface area contributed by atoms with Gasteiger partial charge in [0.2, 0.25) is 5.91 Å². The number of nitrogens with zero attached hydrogens (tertiary/aromatic N) is 1. The summed E-state index contributed by atoms with van der Waals surface area (Å²) < 4.78 is 0. The van der Waals surface area contributed by atoms with Crippen molar-refractivity contribution < 1.29 is 19.5 Å². The molecule has 2 atom stereocenters. The van der Waals surface area contributed by atoms with E-state index in [9.17, 15) is 14.7 Å². The average Bonchev–Trinajstić information content (AvgIpc) is 3.16. The van der Waals surface area contributed by atoms with E-state index in [1.165, 1.54) is 14.2 Å². The van der Waals surface area contributed by atoms with Gasteiger partial charge in [-0.25, -0.2) is 5.06 Å². The van der Waals surface area contributed by atoms with Crippen LogP contribution in [0, 0.1) is 0 Å². The van der Waals surface area contributed by atoms with Gasteiger partial charge in [-0.1, -0.05) is 35.9 Å². The second kappa shape index (κ2) is 8.34. The third-order valence-electron chi connectivity index (χ3n) is 5.80. The zero-order valence-corrected chi connectivity index (χ0v) is 18.1. The van der Waals surface area contributed by atoms with Crippen LogP contribution in [0.2, 0.25) is 5.02 Å². The molecule has 1 aromatic heterocycles. The van der Waals surface area contributed by atoms with Crippen LogP contribution in [0.4, 0.5) is 0 Å². The van der Waals surface area contributed by atoms with Crippen LogP contribution in [-0.2, 0) is 21.7 Å². The summed E-state index contributed by atoms with van der Waals surface area (Å²) >= 11 is 6.03. The molecule has 0 unspecified atom stereocenters. The minimum Gasteiger partial charge on any atom is -0.385 e. The number of H-pyrrole nitrogens is 1. The Hall–Kier alpha value is -2.87. The zero-order chi connectivity index (χ0) is 22.2. The van der Waals surface area contributed by atoms with Crippen LogP contribution >= 0.6 is 11.6 Å². The van der Waals surface area contributed by atoms with E-state index in [1.54, 1.807) is 18.2 Å². The highest BCUT2D eigenvalue weighted by Gasteiger charge is 2.41. The molecule has 0 radical (unpaired) electrons. The number of nitrogens with one attached hydrogen (secondary N) is 2. The summed E-state index contributed by atoms with van der Waals surface area (Å²) in [5.74, 6) is -0.626. The number of carbonyl (C=O) groups is 2. The Morgan fingerprint density at radius 2 is 2.06 bits per heavy atom. The molecule has 0 fully saturated rings. The number of halogens is 1. The van der Waals surface area contributed by atoms with E-state index in [0.717, 1.165) is 21.5 Å². The first kappa shape index (κ1) is 21.4. The Bertz CT molecular complexity index is 1140. The number of aromatic amines is 1. The lowest BCUT2D eigenvalue weighted by atomic mass is 9.74. The predicted octanol–water partition coefficient (Wildman–Crippen LogP) is 3.16. The zero-order valence-electron chi connectivity index (χ0n) is 17.3. The molecule has 31 heavy (non-hydrogen) atoms. The van der Waals surface area contributed by atoms with Crippen molar-refractivity contribution in [2.45, 2.75) is 30.9 Å². The van der Waals surface area contributed by atoms with Gasteiger partial charge in [0.1, 0.15) is 11.3 Å². The van der Waals surface area contributed by atoms with Crippen LogP contribution in [0.25, 0.3) is 10.9 Å². The number of hydrogen-bond donors (Lipinski definition) is 3. The summed E-state index contributed by atoms with van der Waals surface area (Å²) in [4.78, 5) is 33.4. The molecule has 162 valence electrons. The molecule has 0 bridgehead atoms. The molecule has 3 aromatic rings. The molecule has 0 saturated carbocycles. The van der Waals surface area contributed by atoms with Crippen molar-refractivity contribution in [1.29, 1.82) is 0 Å². The molecular formula is C23H24ClN3O4. The van der Waals surface area contributed by atoms with E-state index < -0.39 is 5.60 Å². The number of fused-ring (bicyclic) bond motifs is 2. The first-order valence-corrected chi connectivity index (χ1v) is 10.4. The number of aromatic nitrogens is 1. The van der Waals surface area contributed by atoms with Gasteiger partial charge >= 0.3 is 0 Å². The van der Waals surface area contributed by atoms with Gasteiger partial charge in [0.15, 0.2) is 0 Å². The lowest BCUT2D eigenvalue weighted by molar-refractivity contribution is -0.174. The second-order valence-corrected chi connectivity index (χ2v) is 8.37. The van der Waals surface area contributed by atoms with Crippen LogP contribution in [0.15, 0.2) is 48.5 Å². The van der Waals surface area contributed by atoms with E-state index in [0.29, 0.717) is 22.7 Å². The molecule has 0 aliphatic heterocycles. The van der Waals surface area contributed by atoms with Crippen molar-refractivity contribution in [3.05, 3.63) is 70.4 Å². The smallest absolute Gasteiger partial charge is 0.267 e. The van der Waals surface area contributed by atoms with E-state index in [-0.39, 0.29) is 30.7 Å². The molecule has 8 heteroatoms. The number of amides is 2.